The molecule has 3 amide bonds. The average Bonchev–Trinajstić information content (AvgIpc) is 3.10. The standard InChI is InChI=1S/C18H29N5O3/c1-12-16(13(2)22(4)21-12)20-17(25)23-9-7-18(8-10-23)6-5-15(26-18)11-19-14(3)24/h15H,5-11H2,1-4H3,(H,19,24)(H,20,25). The maximum absolute atomic E-state index is 12.6. The molecule has 0 aromatic carbocycles. The van der Waals surface area contributed by atoms with Crippen molar-refractivity contribution in [1.29, 1.82) is 0 Å². The zero-order valence-electron chi connectivity index (χ0n) is 16.1. The highest BCUT2D eigenvalue weighted by Crippen LogP contribution is 2.38. The lowest BCUT2D eigenvalue weighted by Crippen LogP contribution is -2.48. The Morgan fingerprint density at radius 2 is 1.96 bits per heavy atom. The lowest BCUT2D eigenvalue weighted by atomic mass is 9.88. The number of aromatic nitrogens is 2. The molecule has 0 aliphatic carbocycles. The average molecular weight is 363 g/mol. The van der Waals surface area contributed by atoms with Gasteiger partial charge in [0, 0.05) is 33.6 Å². The fourth-order valence-electron chi connectivity index (χ4n) is 3.92. The van der Waals surface area contributed by atoms with Crippen LogP contribution in [-0.4, -0.2) is 58.0 Å². The largest absolute Gasteiger partial charge is 0.370 e. The van der Waals surface area contributed by atoms with E-state index in [1.165, 1.54) is 6.92 Å². The molecule has 1 aromatic rings. The summed E-state index contributed by atoms with van der Waals surface area (Å²) in [5, 5.41) is 10.2. The third-order valence-electron chi connectivity index (χ3n) is 5.62. The van der Waals surface area contributed by atoms with Crippen LogP contribution >= 0.6 is 0 Å². The zero-order valence-corrected chi connectivity index (χ0v) is 16.1. The molecule has 0 saturated carbocycles. The minimum Gasteiger partial charge on any atom is -0.370 e. The van der Waals surface area contributed by atoms with Crippen LogP contribution in [0.1, 0.15) is 44.0 Å². The second-order valence-corrected chi connectivity index (χ2v) is 7.49. The van der Waals surface area contributed by atoms with Crippen molar-refractivity contribution >= 4 is 17.6 Å². The maximum atomic E-state index is 12.6. The quantitative estimate of drug-likeness (QED) is 0.856. The van der Waals surface area contributed by atoms with Crippen LogP contribution in [0.4, 0.5) is 10.5 Å². The molecule has 1 unspecified atom stereocenters. The van der Waals surface area contributed by atoms with Crippen LogP contribution in [0, 0.1) is 13.8 Å². The molecule has 3 heterocycles. The van der Waals surface area contributed by atoms with E-state index < -0.39 is 0 Å². The number of hydrogen-bond donors (Lipinski definition) is 2. The van der Waals surface area contributed by atoms with E-state index in [4.69, 9.17) is 4.74 Å². The zero-order chi connectivity index (χ0) is 18.9. The predicted octanol–water partition coefficient (Wildman–Crippen LogP) is 1.72. The predicted molar refractivity (Wildman–Crippen MR) is 98.0 cm³/mol. The summed E-state index contributed by atoms with van der Waals surface area (Å²) >= 11 is 0. The van der Waals surface area contributed by atoms with Crippen LogP contribution in [0.2, 0.25) is 0 Å². The molecule has 2 N–H and O–H groups in total. The van der Waals surface area contributed by atoms with E-state index >= 15 is 0 Å². The summed E-state index contributed by atoms with van der Waals surface area (Å²) < 4.78 is 8.02. The highest BCUT2D eigenvalue weighted by Gasteiger charge is 2.43. The molecule has 1 atom stereocenters. The number of urea groups is 1. The van der Waals surface area contributed by atoms with Crippen molar-refractivity contribution in [3.63, 3.8) is 0 Å². The molecule has 8 nitrogen and oxygen atoms in total. The monoisotopic (exact) mass is 363 g/mol. The normalized spacial score (nSPS) is 21.8. The first-order valence-electron chi connectivity index (χ1n) is 9.28. The summed E-state index contributed by atoms with van der Waals surface area (Å²) in [4.78, 5) is 25.5. The minimum atomic E-state index is -0.139. The first-order valence-corrected chi connectivity index (χ1v) is 9.28. The number of rotatable bonds is 3. The van der Waals surface area contributed by atoms with Crippen molar-refractivity contribution in [3.8, 4) is 0 Å². The third-order valence-corrected chi connectivity index (χ3v) is 5.62. The SMILES string of the molecule is CC(=O)NCC1CCC2(CCN(C(=O)Nc3c(C)nn(C)c3C)CC2)O1. The van der Waals surface area contributed by atoms with Crippen molar-refractivity contribution in [3.05, 3.63) is 11.4 Å². The second kappa shape index (κ2) is 7.26. The molecule has 26 heavy (non-hydrogen) atoms. The van der Waals surface area contributed by atoms with Gasteiger partial charge < -0.3 is 20.3 Å². The smallest absolute Gasteiger partial charge is 0.321 e. The summed E-state index contributed by atoms with van der Waals surface area (Å²) in [6.07, 6.45) is 3.71. The Morgan fingerprint density at radius 3 is 2.54 bits per heavy atom. The molecule has 3 rings (SSSR count). The first kappa shape index (κ1) is 18.7. The van der Waals surface area contributed by atoms with Crippen LogP contribution in [-0.2, 0) is 16.6 Å². The fourth-order valence-corrected chi connectivity index (χ4v) is 3.92. The molecule has 1 aromatic heterocycles. The Balaban J connectivity index is 1.52. The van der Waals surface area contributed by atoms with Gasteiger partial charge in [0.2, 0.25) is 5.91 Å². The molecule has 2 aliphatic rings. The second-order valence-electron chi connectivity index (χ2n) is 7.49. The fraction of sp³-hybridized carbons (Fsp3) is 0.722. The number of aryl methyl sites for hydroxylation is 2. The lowest BCUT2D eigenvalue weighted by molar-refractivity contribution is -0.120. The molecule has 2 fully saturated rings. The van der Waals surface area contributed by atoms with Crippen LogP contribution in [0.3, 0.4) is 0 Å². The van der Waals surface area contributed by atoms with Gasteiger partial charge in [-0.3, -0.25) is 9.48 Å². The van der Waals surface area contributed by atoms with Crippen LogP contribution < -0.4 is 10.6 Å². The first-order chi connectivity index (χ1) is 12.3. The van der Waals surface area contributed by atoms with Gasteiger partial charge in [-0.1, -0.05) is 0 Å². The van der Waals surface area contributed by atoms with Crippen molar-refractivity contribution in [2.24, 2.45) is 7.05 Å². The molecule has 8 heteroatoms. The third kappa shape index (κ3) is 3.85. The van der Waals surface area contributed by atoms with E-state index in [9.17, 15) is 9.59 Å². The number of likely N-dealkylation sites (tertiary alicyclic amines) is 1. The van der Waals surface area contributed by atoms with E-state index in [-0.39, 0.29) is 23.6 Å². The Bertz CT molecular complexity index is 691. The Labute approximate surface area is 154 Å². The number of amides is 3. The summed E-state index contributed by atoms with van der Waals surface area (Å²) in [5.41, 5.74) is 2.43. The molecule has 2 saturated heterocycles. The number of piperidine rings is 1. The molecular formula is C18H29N5O3. The topological polar surface area (TPSA) is 88.5 Å². The lowest BCUT2D eigenvalue weighted by Gasteiger charge is -2.39. The van der Waals surface area contributed by atoms with Crippen molar-refractivity contribution in [2.75, 3.05) is 25.0 Å². The number of carbonyl (C=O) groups excluding carboxylic acids is 2. The Morgan fingerprint density at radius 1 is 1.27 bits per heavy atom. The van der Waals surface area contributed by atoms with E-state index in [2.05, 4.69) is 15.7 Å². The number of carbonyl (C=O) groups is 2. The molecule has 0 bridgehead atoms. The van der Waals surface area contributed by atoms with Crippen LogP contribution in [0.5, 0.6) is 0 Å². The van der Waals surface area contributed by atoms with Gasteiger partial charge in [-0.25, -0.2) is 4.79 Å². The number of nitrogens with zero attached hydrogens (tertiary/aromatic N) is 3. The van der Waals surface area contributed by atoms with E-state index in [0.29, 0.717) is 19.6 Å². The number of anilines is 1. The molecular weight excluding hydrogens is 334 g/mol. The van der Waals surface area contributed by atoms with Crippen LogP contribution in [0.15, 0.2) is 0 Å². The van der Waals surface area contributed by atoms with Crippen molar-refractivity contribution in [2.45, 2.75) is 58.2 Å². The highest BCUT2D eigenvalue weighted by atomic mass is 16.5. The minimum absolute atomic E-state index is 0.0259. The summed E-state index contributed by atoms with van der Waals surface area (Å²) in [7, 11) is 1.87. The Hall–Kier alpha value is -2.09. The van der Waals surface area contributed by atoms with Gasteiger partial charge in [-0.05, 0) is 39.5 Å². The van der Waals surface area contributed by atoms with Gasteiger partial charge in [0.25, 0.3) is 0 Å². The van der Waals surface area contributed by atoms with Gasteiger partial charge in [-0.2, -0.15) is 5.10 Å². The number of nitrogens with one attached hydrogen (secondary N) is 2. The van der Waals surface area contributed by atoms with Gasteiger partial charge in [0.15, 0.2) is 0 Å². The molecule has 1 spiro atoms. The van der Waals surface area contributed by atoms with Crippen molar-refractivity contribution < 1.29 is 14.3 Å². The van der Waals surface area contributed by atoms with E-state index in [1.807, 2.05) is 25.8 Å². The summed E-state index contributed by atoms with van der Waals surface area (Å²) in [5.74, 6) is -0.0259. The molecule has 144 valence electrons. The number of hydrogen-bond acceptors (Lipinski definition) is 4. The van der Waals surface area contributed by atoms with Crippen LogP contribution in [0.25, 0.3) is 0 Å². The highest BCUT2D eigenvalue weighted by molar-refractivity contribution is 5.90. The number of ether oxygens (including phenoxy) is 1. The van der Waals surface area contributed by atoms with Gasteiger partial charge >= 0.3 is 6.03 Å². The van der Waals surface area contributed by atoms with Gasteiger partial charge in [0.05, 0.1) is 28.8 Å². The summed E-state index contributed by atoms with van der Waals surface area (Å²) in [6.45, 7) is 7.29. The van der Waals surface area contributed by atoms with Gasteiger partial charge in [0.1, 0.15) is 0 Å². The maximum Gasteiger partial charge on any atom is 0.321 e. The van der Waals surface area contributed by atoms with Crippen molar-refractivity contribution in [1.82, 2.24) is 20.0 Å². The van der Waals surface area contributed by atoms with E-state index in [1.54, 1.807) is 4.68 Å². The molecule has 2 aliphatic heterocycles. The van der Waals surface area contributed by atoms with Gasteiger partial charge in [-0.15, -0.1) is 0 Å². The Kier molecular flexibility index (Phi) is 5.22. The van der Waals surface area contributed by atoms with E-state index in [0.717, 1.165) is 42.8 Å². The molecule has 0 radical (unpaired) electrons. The summed E-state index contributed by atoms with van der Waals surface area (Å²) in [6, 6.07) is -0.0770.